The summed E-state index contributed by atoms with van der Waals surface area (Å²) in [6.45, 7) is 8.17. The summed E-state index contributed by atoms with van der Waals surface area (Å²) in [5.74, 6) is 0. The standard InChI is InChI=1S/C32H21N3/c1-3-23-25-11-7-8-12-26(25)32-34-28-19-22(16-18-30(28)35(32)29(23)4-2)27-17-15-21-14-13-20-9-5-6-10-24(20)31(21)33-27/h3-19H,1-2H2. The summed E-state index contributed by atoms with van der Waals surface area (Å²) in [6, 6.07) is 31.7. The number of hydrogen-bond donors (Lipinski definition) is 0. The van der Waals surface area contributed by atoms with Gasteiger partial charge in [-0.1, -0.05) is 92.0 Å². The van der Waals surface area contributed by atoms with Gasteiger partial charge in [0.15, 0.2) is 0 Å². The van der Waals surface area contributed by atoms with Crippen LogP contribution in [0.3, 0.4) is 0 Å². The Hall–Kier alpha value is -4.76. The van der Waals surface area contributed by atoms with Gasteiger partial charge in [-0.15, -0.1) is 0 Å². The molecular formula is C32H21N3. The molecule has 0 aliphatic rings. The molecule has 0 aliphatic carbocycles. The first-order valence-electron chi connectivity index (χ1n) is 11.7. The first-order valence-corrected chi connectivity index (χ1v) is 11.7. The van der Waals surface area contributed by atoms with E-state index in [2.05, 4.69) is 109 Å². The summed E-state index contributed by atoms with van der Waals surface area (Å²) in [4.78, 5) is 10.2. The summed E-state index contributed by atoms with van der Waals surface area (Å²) >= 11 is 0. The molecule has 0 bridgehead atoms. The average Bonchev–Trinajstić information content (AvgIpc) is 3.30. The molecule has 0 N–H and O–H groups in total. The van der Waals surface area contributed by atoms with Crippen LogP contribution in [0.5, 0.6) is 0 Å². The Balaban J connectivity index is 1.51. The molecule has 0 radical (unpaired) electrons. The van der Waals surface area contributed by atoms with E-state index in [1.807, 2.05) is 12.2 Å². The third kappa shape index (κ3) is 2.79. The lowest BCUT2D eigenvalue weighted by molar-refractivity contribution is 1.21. The Kier molecular flexibility index (Phi) is 4.15. The third-order valence-corrected chi connectivity index (χ3v) is 6.91. The number of aromatic nitrogens is 3. The number of pyridine rings is 2. The van der Waals surface area contributed by atoms with Gasteiger partial charge in [-0.25, -0.2) is 9.97 Å². The highest BCUT2D eigenvalue weighted by molar-refractivity contribution is 6.06. The molecule has 4 aromatic carbocycles. The smallest absolute Gasteiger partial charge is 0.146 e. The Labute approximate surface area is 202 Å². The lowest BCUT2D eigenvalue weighted by Gasteiger charge is -2.11. The summed E-state index contributed by atoms with van der Waals surface area (Å²) in [5, 5.41) is 5.73. The lowest BCUT2D eigenvalue weighted by atomic mass is 10.0. The molecule has 0 unspecified atom stereocenters. The fourth-order valence-electron chi connectivity index (χ4n) is 5.27. The van der Waals surface area contributed by atoms with Gasteiger partial charge in [-0.3, -0.25) is 4.40 Å². The first-order chi connectivity index (χ1) is 17.3. The fourth-order valence-corrected chi connectivity index (χ4v) is 5.27. The Morgan fingerprint density at radius 2 is 1.40 bits per heavy atom. The molecule has 0 spiro atoms. The highest BCUT2D eigenvalue weighted by Gasteiger charge is 2.16. The Bertz CT molecular complexity index is 1990. The van der Waals surface area contributed by atoms with E-state index in [9.17, 15) is 0 Å². The van der Waals surface area contributed by atoms with E-state index in [1.165, 1.54) is 10.8 Å². The molecule has 7 aromatic rings. The van der Waals surface area contributed by atoms with Gasteiger partial charge in [-0.2, -0.15) is 0 Å². The SMILES string of the molecule is C=Cc1c(C=C)n2c3ccc(-c4ccc5ccc6ccccc6c5n4)cc3nc2c2ccccc12. The number of hydrogen-bond acceptors (Lipinski definition) is 2. The number of rotatable bonds is 3. The predicted molar refractivity (Wildman–Crippen MR) is 149 cm³/mol. The molecule has 3 nitrogen and oxygen atoms in total. The molecule has 35 heavy (non-hydrogen) atoms. The molecule has 7 rings (SSSR count). The van der Waals surface area contributed by atoms with Crippen LogP contribution in [0.1, 0.15) is 11.3 Å². The molecule has 3 heterocycles. The summed E-state index contributed by atoms with van der Waals surface area (Å²) in [7, 11) is 0. The average molecular weight is 448 g/mol. The van der Waals surface area contributed by atoms with E-state index < -0.39 is 0 Å². The van der Waals surface area contributed by atoms with Crippen LogP contribution in [0, 0.1) is 0 Å². The molecule has 0 saturated heterocycles. The van der Waals surface area contributed by atoms with E-state index in [1.54, 1.807) is 0 Å². The topological polar surface area (TPSA) is 30.2 Å². The second-order valence-corrected chi connectivity index (χ2v) is 8.78. The number of nitrogens with zero attached hydrogens (tertiary/aromatic N) is 3. The van der Waals surface area contributed by atoms with Crippen LogP contribution in [-0.4, -0.2) is 14.4 Å². The van der Waals surface area contributed by atoms with Crippen LogP contribution in [0.15, 0.2) is 104 Å². The van der Waals surface area contributed by atoms with Crippen LogP contribution in [-0.2, 0) is 0 Å². The largest absolute Gasteiger partial charge is 0.292 e. The molecule has 3 heteroatoms. The van der Waals surface area contributed by atoms with Gasteiger partial charge in [0.1, 0.15) is 5.65 Å². The van der Waals surface area contributed by atoms with Crippen molar-refractivity contribution in [2.75, 3.05) is 0 Å². The lowest BCUT2D eigenvalue weighted by Crippen LogP contribution is -1.97. The molecule has 3 aromatic heterocycles. The molecule has 0 aliphatic heterocycles. The zero-order valence-electron chi connectivity index (χ0n) is 19.1. The van der Waals surface area contributed by atoms with Crippen LogP contribution in [0.25, 0.3) is 72.5 Å². The highest BCUT2D eigenvalue weighted by Crippen LogP contribution is 2.34. The van der Waals surface area contributed by atoms with Crippen molar-refractivity contribution in [3.63, 3.8) is 0 Å². The highest BCUT2D eigenvalue weighted by atomic mass is 15.0. The monoisotopic (exact) mass is 447 g/mol. The predicted octanol–water partition coefficient (Wildman–Crippen LogP) is 8.30. The van der Waals surface area contributed by atoms with Crippen LogP contribution in [0.4, 0.5) is 0 Å². The van der Waals surface area contributed by atoms with Gasteiger partial charge < -0.3 is 0 Å². The van der Waals surface area contributed by atoms with Gasteiger partial charge in [0.25, 0.3) is 0 Å². The maximum absolute atomic E-state index is 5.08. The second kappa shape index (κ2) is 7.37. The second-order valence-electron chi connectivity index (χ2n) is 8.78. The van der Waals surface area contributed by atoms with Gasteiger partial charge in [0.2, 0.25) is 0 Å². The molecule has 0 saturated carbocycles. The van der Waals surface area contributed by atoms with E-state index in [4.69, 9.17) is 9.97 Å². The zero-order valence-corrected chi connectivity index (χ0v) is 19.1. The minimum absolute atomic E-state index is 0.922. The molecule has 0 atom stereocenters. The molecule has 0 fully saturated rings. The summed E-state index contributed by atoms with van der Waals surface area (Å²) in [6.07, 6.45) is 3.80. The maximum Gasteiger partial charge on any atom is 0.146 e. The third-order valence-electron chi connectivity index (χ3n) is 6.91. The summed E-state index contributed by atoms with van der Waals surface area (Å²) in [5.41, 5.74) is 7.96. The van der Waals surface area contributed by atoms with Crippen LogP contribution >= 0.6 is 0 Å². The van der Waals surface area contributed by atoms with Crippen molar-refractivity contribution in [2.24, 2.45) is 0 Å². The number of fused-ring (bicyclic) bond motifs is 8. The van der Waals surface area contributed by atoms with Crippen LogP contribution < -0.4 is 0 Å². The zero-order chi connectivity index (χ0) is 23.5. The van der Waals surface area contributed by atoms with Crippen molar-refractivity contribution < 1.29 is 0 Å². The van der Waals surface area contributed by atoms with E-state index in [0.29, 0.717) is 0 Å². The van der Waals surface area contributed by atoms with Crippen molar-refractivity contribution >= 4 is 61.3 Å². The fraction of sp³-hybridized carbons (Fsp3) is 0. The Morgan fingerprint density at radius 3 is 2.23 bits per heavy atom. The minimum Gasteiger partial charge on any atom is -0.292 e. The number of benzene rings is 4. The van der Waals surface area contributed by atoms with Crippen molar-refractivity contribution in [1.82, 2.24) is 14.4 Å². The minimum atomic E-state index is 0.922. The van der Waals surface area contributed by atoms with Crippen LogP contribution in [0.2, 0.25) is 0 Å². The first kappa shape index (κ1) is 19.7. The van der Waals surface area contributed by atoms with Gasteiger partial charge in [0, 0.05) is 27.3 Å². The maximum atomic E-state index is 5.08. The molecule has 164 valence electrons. The van der Waals surface area contributed by atoms with Gasteiger partial charge in [0.05, 0.1) is 27.9 Å². The van der Waals surface area contributed by atoms with Crippen molar-refractivity contribution in [3.05, 3.63) is 115 Å². The van der Waals surface area contributed by atoms with E-state index in [0.717, 1.165) is 60.9 Å². The quantitative estimate of drug-likeness (QED) is 0.255. The van der Waals surface area contributed by atoms with E-state index in [-0.39, 0.29) is 0 Å². The van der Waals surface area contributed by atoms with Gasteiger partial charge in [-0.05, 0) is 35.0 Å². The normalized spacial score (nSPS) is 11.7. The van der Waals surface area contributed by atoms with Crippen molar-refractivity contribution in [3.8, 4) is 11.3 Å². The summed E-state index contributed by atoms with van der Waals surface area (Å²) < 4.78 is 2.19. The Morgan fingerprint density at radius 1 is 0.657 bits per heavy atom. The van der Waals surface area contributed by atoms with E-state index >= 15 is 0 Å². The molecular weight excluding hydrogens is 426 g/mol. The van der Waals surface area contributed by atoms with Crippen molar-refractivity contribution in [1.29, 1.82) is 0 Å². The van der Waals surface area contributed by atoms with Crippen molar-refractivity contribution in [2.45, 2.75) is 0 Å². The molecule has 0 amide bonds. The van der Waals surface area contributed by atoms with Gasteiger partial charge >= 0.3 is 0 Å². The number of imidazole rings is 1.